The Labute approximate surface area is 209 Å². The molecule has 1 atom stereocenters. The van der Waals surface area contributed by atoms with Crippen LogP contribution in [0.4, 0.5) is 10.1 Å². The van der Waals surface area contributed by atoms with Gasteiger partial charge in [0.25, 0.3) is 5.91 Å². The van der Waals surface area contributed by atoms with E-state index in [2.05, 4.69) is 15.2 Å². The van der Waals surface area contributed by atoms with Crippen LogP contribution in [0.15, 0.2) is 67.0 Å². The van der Waals surface area contributed by atoms with E-state index in [4.69, 9.17) is 9.72 Å². The van der Waals surface area contributed by atoms with Crippen LogP contribution in [0.5, 0.6) is 5.75 Å². The van der Waals surface area contributed by atoms with Crippen LogP contribution in [-0.2, 0) is 13.0 Å². The van der Waals surface area contributed by atoms with Crippen LogP contribution in [0.25, 0.3) is 5.65 Å². The summed E-state index contributed by atoms with van der Waals surface area (Å²) in [5.41, 5.74) is 5.02. The Bertz CT molecular complexity index is 1320. The fraction of sp³-hybridized carbons (Fsp3) is 0.321. The monoisotopic (exact) mass is 487 g/mol. The maximum Gasteiger partial charge on any atom is 0.255 e. The number of ether oxygens (including phenoxy) is 1. The normalized spacial score (nSPS) is 15.9. The molecule has 7 nitrogen and oxygen atoms in total. The molecule has 4 aromatic rings. The van der Waals surface area contributed by atoms with Gasteiger partial charge in [-0.05, 0) is 81.3 Å². The van der Waals surface area contributed by atoms with Crippen LogP contribution >= 0.6 is 0 Å². The van der Waals surface area contributed by atoms with Gasteiger partial charge in [0.1, 0.15) is 24.2 Å². The Balaban J connectivity index is 1.18. The molecule has 1 N–H and O–H groups in total. The number of pyridine rings is 2. The zero-order valence-electron chi connectivity index (χ0n) is 20.4. The second-order valence-corrected chi connectivity index (χ2v) is 9.17. The highest BCUT2D eigenvalue weighted by atomic mass is 19.1. The van der Waals surface area contributed by atoms with Gasteiger partial charge in [0.2, 0.25) is 0 Å². The number of aromatic nitrogens is 3. The Morgan fingerprint density at radius 3 is 2.78 bits per heavy atom. The summed E-state index contributed by atoms with van der Waals surface area (Å²) in [6.07, 6.45) is 5.39. The number of aryl methyl sites for hydroxylation is 2. The largest absolute Gasteiger partial charge is 0.487 e. The standard InChI is InChI=1S/C28H30FN5O2/c1-20-26(6-4-15-33-16-13-22(29)17-33)32-27-12-9-23(18-34(20)27)31-28(35)21-7-10-25(11-8-21)36-19-24-5-2-3-14-30-24/h2-3,5,7-12,14,18,22H,4,6,13,15-17,19H2,1H3,(H,31,35). The van der Waals surface area contributed by atoms with Crippen molar-refractivity contribution in [1.82, 2.24) is 19.3 Å². The number of rotatable bonds is 9. The molecule has 1 aliphatic heterocycles. The van der Waals surface area contributed by atoms with Gasteiger partial charge in [-0.3, -0.25) is 9.78 Å². The molecule has 1 saturated heterocycles. The Morgan fingerprint density at radius 2 is 2.03 bits per heavy atom. The van der Waals surface area contributed by atoms with Gasteiger partial charge in [0.05, 0.1) is 17.1 Å². The van der Waals surface area contributed by atoms with Gasteiger partial charge in [0, 0.05) is 36.7 Å². The van der Waals surface area contributed by atoms with E-state index in [1.807, 2.05) is 47.9 Å². The van der Waals surface area contributed by atoms with Gasteiger partial charge in [-0.2, -0.15) is 0 Å². The number of imidazole rings is 1. The Morgan fingerprint density at radius 1 is 1.17 bits per heavy atom. The molecule has 1 fully saturated rings. The van der Waals surface area contributed by atoms with Crippen molar-refractivity contribution in [3.8, 4) is 5.75 Å². The van der Waals surface area contributed by atoms with Crippen LogP contribution in [0.3, 0.4) is 0 Å². The molecule has 0 radical (unpaired) electrons. The first-order valence-corrected chi connectivity index (χ1v) is 12.3. The summed E-state index contributed by atoms with van der Waals surface area (Å²) < 4.78 is 21.1. The van der Waals surface area contributed by atoms with Crippen molar-refractivity contribution in [3.05, 3.63) is 89.6 Å². The summed E-state index contributed by atoms with van der Waals surface area (Å²) in [6, 6.07) is 16.5. The topological polar surface area (TPSA) is 71.8 Å². The van der Waals surface area contributed by atoms with E-state index in [0.717, 1.165) is 48.7 Å². The van der Waals surface area contributed by atoms with E-state index >= 15 is 0 Å². The number of benzene rings is 1. The Kier molecular flexibility index (Phi) is 7.23. The van der Waals surface area contributed by atoms with Gasteiger partial charge in [0.15, 0.2) is 0 Å². The van der Waals surface area contributed by atoms with Gasteiger partial charge in [-0.1, -0.05) is 6.07 Å². The molecule has 0 bridgehead atoms. The van der Waals surface area contributed by atoms with Crippen LogP contribution in [0.1, 0.15) is 40.3 Å². The SMILES string of the molecule is Cc1c(CCCN2CCC(F)C2)nc2ccc(NC(=O)c3ccc(OCc4ccccn4)cc3)cn12. The summed E-state index contributed by atoms with van der Waals surface area (Å²) in [5, 5.41) is 2.97. The van der Waals surface area contributed by atoms with Crippen molar-refractivity contribution < 1.29 is 13.9 Å². The molecule has 1 aliphatic rings. The van der Waals surface area contributed by atoms with Gasteiger partial charge in [-0.25, -0.2) is 9.37 Å². The Hall–Kier alpha value is -3.78. The summed E-state index contributed by atoms with van der Waals surface area (Å²) in [7, 11) is 0. The number of nitrogens with zero attached hydrogens (tertiary/aromatic N) is 4. The number of hydrogen-bond donors (Lipinski definition) is 1. The van der Waals surface area contributed by atoms with E-state index in [1.165, 1.54) is 0 Å². The maximum absolute atomic E-state index is 13.4. The van der Waals surface area contributed by atoms with Crippen molar-refractivity contribution in [1.29, 1.82) is 0 Å². The van der Waals surface area contributed by atoms with E-state index in [9.17, 15) is 9.18 Å². The average Bonchev–Trinajstić information content (AvgIpc) is 3.46. The molecule has 1 amide bonds. The molecule has 0 aliphatic carbocycles. The number of halogens is 1. The lowest BCUT2D eigenvalue weighted by Crippen LogP contribution is -2.22. The van der Waals surface area contributed by atoms with E-state index < -0.39 is 6.17 Å². The van der Waals surface area contributed by atoms with Gasteiger partial charge < -0.3 is 19.4 Å². The number of likely N-dealkylation sites (tertiary alicyclic amines) is 1. The highest BCUT2D eigenvalue weighted by Crippen LogP contribution is 2.20. The van der Waals surface area contributed by atoms with Crippen LogP contribution in [-0.4, -0.2) is 51.0 Å². The second kappa shape index (κ2) is 10.9. The first-order valence-electron chi connectivity index (χ1n) is 12.3. The molecule has 0 saturated carbocycles. The quantitative estimate of drug-likeness (QED) is 0.366. The molecule has 186 valence electrons. The molecule has 8 heteroatoms. The second-order valence-electron chi connectivity index (χ2n) is 9.17. The third kappa shape index (κ3) is 5.71. The molecule has 0 spiro atoms. The summed E-state index contributed by atoms with van der Waals surface area (Å²) >= 11 is 0. The molecular formula is C28H30FN5O2. The predicted octanol–water partition coefficient (Wildman–Crippen LogP) is 4.85. The lowest BCUT2D eigenvalue weighted by Gasteiger charge is -2.13. The predicted molar refractivity (Wildman–Crippen MR) is 137 cm³/mol. The zero-order valence-corrected chi connectivity index (χ0v) is 20.4. The maximum atomic E-state index is 13.4. The number of carbonyl (C=O) groups is 1. The fourth-order valence-corrected chi connectivity index (χ4v) is 4.53. The zero-order chi connectivity index (χ0) is 24.9. The average molecular weight is 488 g/mol. The highest BCUT2D eigenvalue weighted by Gasteiger charge is 2.21. The van der Waals surface area contributed by atoms with E-state index in [-0.39, 0.29) is 5.91 Å². The molecule has 1 unspecified atom stereocenters. The third-order valence-electron chi connectivity index (χ3n) is 6.55. The lowest BCUT2D eigenvalue weighted by atomic mass is 10.2. The molecule has 3 aromatic heterocycles. The highest BCUT2D eigenvalue weighted by molar-refractivity contribution is 6.04. The number of fused-ring (bicyclic) bond motifs is 1. The minimum atomic E-state index is -0.681. The number of alkyl halides is 1. The van der Waals surface area contributed by atoms with Gasteiger partial charge >= 0.3 is 0 Å². The van der Waals surface area contributed by atoms with Crippen LogP contribution in [0.2, 0.25) is 0 Å². The smallest absolute Gasteiger partial charge is 0.255 e. The molecule has 4 heterocycles. The number of nitrogens with one attached hydrogen (secondary N) is 1. The molecule has 5 rings (SSSR count). The molecule has 1 aromatic carbocycles. The van der Waals surface area contributed by atoms with E-state index in [0.29, 0.717) is 36.6 Å². The van der Waals surface area contributed by atoms with Crippen molar-refractivity contribution >= 4 is 17.2 Å². The number of hydrogen-bond acceptors (Lipinski definition) is 5. The van der Waals surface area contributed by atoms with Crippen molar-refractivity contribution in [3.63, 3.8) is 0 Å². The van der Waals surface area contributed by atoms with Crippen LogP contribution < -0.4 is 10.1 Å². The van der Waals surface area contributed by atoms with Gasteiger partial charge in [-0.15, -0.1) is 0 Å². The minimum absolute atomic E-state index is 0.194. The number of carbonyl (C=O) groups excluding carboxylic acids is 1. The van der Waals surface area contributed by atoms with E-state index in [1.54, 1.807) is 30.5 Å². The van der Waals surface area contributed by atoms with Crippen molar-refractivity contribution in [2.45, 2.75) is 39.0 Å². The van der Waals surface area contributed by atoms with Crippen LogP contribution in [0, 0.1) is 6.92 Å². The summed E-state index contributed by atoms with van der Waals surface area (Å²) in [6.45, 7) is 4.69. The van der Waals surface area contributed by atoms with Crippen molar-refractivity contribution in [2.24, 2.45) is 0 Å². The minimum Gasteiger partial charge on any atom is -0.487 e. The summed E-state index contributed by atoms with van der Waals surface area (Å²) in [5.74, 6) is 0.481. The first-order chi connectivity index (χ1) is 17.5. The number of anilines is 1. The molecular weight excluding hydrogens is 457 g/mol. The third-order valence-corrected chi connectivity index (χ3v) is 6.55. The first kappa shape index (κ1) is 23.9. The van der Waals surface area contributed by atoms with Crippen molar-refractivity contribution in [2.75, 3.05) is 25.0 Å². The fourth-order valence-electron chi connectivity index (χ4n) is 4.53. The lowest BCUT2D eigenvalue weighted by molar-refractivity contribution is 0.102. The number of amides is 1. The molecule has 36 heavy (non-hydrogen) atoms. The summed E-state index contributed by atoms with van der Waals surface area (Å²) in [4.78, 5) is 24.0.